The van der Waals surface area contributed by atoms with E-state index in [9.17, 15) is 9.59 Å². The van der Waals surface area contributed by atoms with Gasteiger partial charge in [0, 0.05) is 5.56 Å². The van der Waals surface area contributed by atoms with Crippen LogP contribution in [0.3, 0.4) is 0 Å². The number of hydrogen-bond donors (Lipinski definition) is 2. The van der Waals surface area contributed by atoms with Gasteiger partial charge in [0.25, 0.3) is 5.91 Å². The molecule has 0 aliphatic heterocycles. The Kier molecular flexibility index (Phi) is 6.72. The highest BCUT2D eigenvalue weighted by molar-refractivity contribution is 7.99. The number of carbonyl (C=O) groups excluding carboxylic acids is 2. The smallest absolute Gasteiger partial charge is 0.269 e. The standard InChI is InChI=1S/C13H18N2O4S/c1-4-19-10-6-5-9(7-11(10)18-2)13(17)15-14-12(16)8-20-3/h5-7H,4,8H2,1-3H3,(H,14,16)(H,15,17). The highest BCUT2D eigenvalue weighted by atomic mass is 32.2. The Morgan fingerprint density at radius 2 is 2.00 bits per heavy atom. The summed E-state index contributed by atoms with van der Waals surface area (Å²) in [6, 6.07) is 4.81. The van der Waals surface area contributed by atoms with Gasteiger partial charge in [0.15, 0.2) is 11.5 Å². The maximum Gasteiger partial charge on any atom is 0.269 e. The molecule has 0 unspecified atom stereocenters. The van der Waals surface area contributed by atoms with E-state index in [-0.39, 0.29) is 11.7 Å². The molecule has 0 saturated heterocycles. The summed E-state index contributed by atoms with van der Waals surface area (Å²) < 4.78 is 10.5. The van der Waals surface area contributed by atoms with Crippen LogP contribution in [0.5, 0.6) is 11.5 Å². The molecule has 1 aromatic carbocycles. The summed E-state index contributed by atoms with van der Waals surface area (Å²) >= 11 is 1.37. The van der Waals surface area contributed by atoms with Gasteiger partial charge in [0.2, 0.25) is 5.91 Å². The Bertz CT molecular complexity index is 479. The fourth-order valence-electron chi connectivity index (χ4n) is 1.45. The zero-order chi connectivity index (χ0) is 15.0. The van der Waals surface area contributed by atoms with E-state index >= 15 is 0 Å². The van der Waals surface area contributed by atoms with Gasteiger partial charge in [-0.15, -0.1) is 0 Å². The van der Waals surface area contributed by atoms with Crippen LogP contribution in [0.15, 0.2) is 18.2 Å². The summed E-state index contributed by atoms with van der Waals surface area (Å²) in [5.41, 5.74) is 5.04. The van der Waals surface area contributed by atoms with Gasteiger partial charge < -0.3 is 9.47 Å². The highest BCUT2D eigenvalue weighted by Crippen LogP contribution is 2.27. The number of thioether (sulfide) groups is 1. The lowest BCUT2D eigenvalue weighted by Gasteiger charge is -2.11. The predicted molar refractivity (Wildman–Crippen MR) is 78.2 cm³/mol. The number of rotatable bonds is 6. The molecular formula is C13H18N2O4S. The lowest BCUT2D eigenvalue weighted by Crippen LogP contribution is -2.42. The van der Waals surface area contributed by atoms with Gasteiger partial charge in [0.1, 0.15) is 0 Å². The fraction of sp³-hybridized carbons (Fsp3) is 0.385. The number of hydrazine groups is 1. The maximum absolute atomic E-state index is 11.9. The van der Waals surface area contributed by atoms with E-state index in [0.29, 0.717) is 23.7 Å². The van der Waals surface area contributed by atoms with Crippen molar-refractivity contribution >= 4 is 23.6 Å². The van der Waals surface area contributed by atoms with Gasteiger partial charge in [-0.25, -0.2) is 0 Å². The van der Waals surface area contributed by atoms with Crippen LogP contribution in [0.1, 0.15) is 17.3 Å². The summed E-state index contributed by atoms with van der Waals surface area (Å²) in [6.07, 6.45) is 1.80. The first-order chi connectivity index (χ1) is 9.62. The van der Waals surface area contributed by atoms with Gasteiger partial charge in [-0.3, -0.25) is 20.4 Å². The predicted octanol–water partition coefficient (Wildman–Crippen LogP) is 1.22. The summed E-state index contributed by atoms with van der Waals surface area (Å²) in [6.45, 7) is 2.37. The van der Waals surface area contributed by atoms with Crippen LogP contribution >= 0.6 is 11.8 Å². The van der Waals surface area contributed by atoms with Gasteiger partial charge in [-0.05, 0) is 31.4 Å². The molecule has 0 aliphatic rings. The first-order valence-electron chi connectivity index (χ1n) is 6.01. The van der Waals surface area contributed by atoms with Crippen LogP contribution in [0, 0.1) is 0 Å². The molecule has 7 heteroatoms. The second-order valence-corrected chi connectivity index (χ2v) is 4.60. The summed E-state index contributed by atoms with van der Waals surface area (Å²) in [4.78, 5) is 23.1. The Morgan fingerprint density at radius 1 is 1.25 bits per heavy atom. The summed E-state index contributed by atoms with van der Waals surface area (Å²) in [5.74, 6) is 0.643. The Labute approximate surface area is 122 Å². The lowest BCUT2D eigenvalue weighted by atomic mass is 10.2. The molecule has 2 N–H and O–H groups in total. The second-order valence-electron chi connectivity index (χ2n) is 3.73. The molecule has 0 radical (unpaired) electrons. The molecule has 0 saturated carbocycles. The van der Waals surface area contributed by atoms with Crippen molar-refractivity contribution in [2.75, 3.05) is 25.7 Å². The molecule has 1 rings (SSSR count). The van der Waals surface area contributed by atoms with Crippen LogP contribution in [0.2, 0.25) is 0 Å². The molecule has 0 aromatic heterocycles. The molecule has 0 aliphatic carbocycles. The lowest BCUT2D eigenvalue weighted by molar-refractivity contribution is -0.119. The Morgan fingerprint density at radius 3 is 2.60 bits per heavy atom. The van der Waals surface area contributed by atoms with Gasteiger partial charge in [-0.2, -0.15) is 11.8 Å². The van der Waals surface area contributed by atoms with Crippen molar-refractivity contribution in [3.05, 3.63) is 23.8 Å². The van der Waals surface area contributed by atoms with Crippen LogP contribution in [-0.4, -0.2) is 37.5 Å². The molecule has 0 bridgehead atoms. The Balaban J connectivity index is 2.71. The van der Waals surface area contributed by atoms with Crippen molar-refractivity contribution in [2.45, 2.75) is 6.92 Å². The van der Waals surface area contributed by atoms with E-state index < -0.39 is 5.91 Å². The molecule has 0 heterocycles. The summed E-state index contributed by atoms with van der Waals surface area (Å²) in [5, 5.41) is 0. The SMILES string of the molecule is CCOc1ccc(C(=O)NNC(=O)CSC)cc1OC. The topological polar surface area (TPSA) is 76.7 Å². The third-order valence-electron chi connectivity index (χ3n) is 2.32. The van der Waals surface area contributed by atoms with Crippen molar-refractivity contribution in [1.29, 1.82) is 0 Å². The van der Waals surface area contributed by atoms with Crippen LogP contribution < -0.4 is 20.3 Å². The number of benzene rings is 1. The minimum absolute atomic E-state index is 0.260. The van der Waals surface area contributed by atoms with Crippen LogP contribution in [-0.2, 0) is 4.79 Å². The third kappa shape index (κ3) is 4.65. The monoisotopic (exact) mass is 298 g/mol. The average molecular weight is 298 g/mol. The van der Waals surface area contributed by atoms with Crippen LogP contribution in [0.25, 0.3) is 0 Å². The van der Waals surface area contributed by atoms with Crippen molar-refractivity contribution in [3.8, 4) is 11.5 Å². The van der Waals surface area contributed by atoms with E-state index in [1.807, 2.05) is 6.92 Å². The number of ether oxygens (including phenoxy) is 2. The van der Waals surface area contributed by atoms with Gasteiger partial charge >= 0.3 is 0 Å². The first-order valence-corrected chi connectivity index (χ1v) is 7.40. The zero-order valence-electron chi connectivity index (χ0n) is 11.7. The molecule has 2 amide bonds. The first kappa shape index (κ1) is 16.2. The number of hydrogen-bond acceptors (Lipinski definition) is 5. The van der Waals surface area contributed by atoms with E-state index in [1.165, 1.54) is 18.9 Å². The van der Waals surface area contributed by atoms with Gasteiger partial charge in [-0.1, -0.05) is 0 Å². The molecule has 20 heavy (non-hydrogen) atoms. The molecular weight excluding hydrogens is 280 g/mol. The van der Waals surface area contributed by atoms with Crippen molar-refractivity contribution in [1.82, 2.24) is 10.9 Å². The summed E-state index contributed by atoms with van der Waals surface area (Å²) in [7, 11) is 1.50. The number of methoxy groups -OCH3 is 1. The maximum atomic E-state index is 11.9. The Hall–Kier alpha value is -1.89. The average Bonchev–Trinajstić information content (AvgIpc) is 2.45. The van der Waals surface area contributed by atoms with E-state index in [1.54, 1.807) is 24.5 Å². The minimum Gasteiger partial charge on any atom is -0.493 e. The molecule has 0 spiro atoms. The number of carbonyl (C=O) groups is 2. The molecule has 0 atom stereocenters. The van der Waals surface area contributed by atoms with E-state index in [2.05, 4.69) is 10.9 Å². The molecule has 110 valence electrons. The van der Waals surface area contributed by atoms with Gasteiger partial charge in [0.05, 0.1) is 19.5 Å². The molecule has 0 fully saturated rings. The largest absolute Gasteiger partial charge is 0.493 e. The van der Waals surface area contributed by atoms with Crippen molar-refractivity contribution in [3.63, 3.8) is 0 Å². The third-order valence-corrected chi connectivity index (χ3v) is 2.87. The van der Waals surface area contributed by atoms with Crippen molar-refractivity contribution in [2.24, 2.45) is 0 Å². The van der Waals surface area contributed by atoms with Crippen LogP contribution in [0.4, 0.5) is 0 Å². The second kappa shape index (κ2) is 8.31. The quantitative estimate of drug-likeness (QED) is 0.772. The molecule has 6 nitrogen and oxygen atoms in total. The normalized spacial score (nSPS) is 9.75. The molecule has 1 aromatic rings. The van der Waals surface area contributed by atoms with E-state index in [0.717, 1.165) is 0 Å². The van der Waals surface area contributed by atoms with E-state index in [4.69, 9.17) is 9.47 Å². The zero-order valence-corrected chi connectivity index (χ0v) is 12.5. The highest BCUT2D eigenvalue weighted by Gasteiger charge is 2.11. The fourth-order valence-corrected chi connectivity index (χ4v) is 1.78. The minimum atomic E-state index is -0.416. The number of amides is 2. The van der Waals surface area contributed by atoms with Crippen molar-refractivity contribution < 1.29 is 19.1 Å². The number of nitrogens with one attached hydrogen (secondary N) is 2.